The molecular formula is C23H22F6O4. The van der Waals surface area contributed by atoms with E-state index >= 15 is 0 Å². The van der Waals surface area contributed by atoms with Crippen molar-refractivity contribution in [3.05, 3.63) is 85.3 Å². The van der Waals surface area contributed by atoms with E-state index in [1.807, 2.05) is 0 Å². The van der Waals surface area contributed by atoms with Crippen LogP contribution in [0.5, 0.6) is 11.5 Å². The van der Waals surface area contributed by atoms with E-state index in [4.69, 9.17) is 18.9 Å². The number of hydrogen-bond donors (Lipinski definition) is 0. The number of benzene rings is 2. The highest BCUT2D eigenvalue weighted by Gasteiger charge is 2.72. The highest BCUT2D eigenvalue weighted by atomic mass is 19.4. The third-order valence-corrected chi connectivity index (χ3v) is 4.60. The molecule has 0 unspecified atom stereocenters. The molecule has 0 amide bonds. The molecule has 0 spiro atoms. The number of hydrogen-bond acceptors (Lipinski definition) is 4. The van der Waals surface area contributed by atoms with Crippen molar-refractivity contribution in [3.63, 3.8) is 0 Å². The summed E-state index contributed by atoms with van der Waals surface area (Å²) in [5.74, 6) is 0.185. The first-order chi connectivity index (χ1) is 15.6. The number of rotatable bonds is 12. The largest absolute Gasteiger partial charge is 0.498 e. The topological polar surface area (TPSA) is 36.9 Å². The third kappa shape index (κ3) is 5.94. The predicted octanol–water partition coefficient (Wildman–Crippen LogP) is 6.18. The van der Waals surface area contributed by atoms with E-state index in [1.165, 1.54) is 12.5 Å². The van der Waals surface area contributed by atoms with Gasteiger partial charge in [0.1, 0.15) is 37.9 Å². The number of halogens is 6. The second-order valence-electron chi connectivity index (χ2n) is 6.57. The lowest BCUT2D eigenvalue weighted by Crippen LogP contribution is -2.54. The van der Waals surface area contributed by atoms with Crippen molar-refractivity contribution in [2.24, 2.45) is 0 Å². The van der Waals surface area contributed by atoms with Crippen LogP contribution in [0, 0.1) is 0 Å². The normalized spacial score (nSPS) is 12.1. The van der Waals surface area contributed by atoms with Crippen LogP contribution in [0.15, 0.2) is 74.2 Å². The molecule has 33 heavy (non-hydrogen) atoms. The average Bonchev–Trinajstić information content (AvgIpc) is 2.75. The Labute approximate surface area is 187 Å². The minimum atomic E-state index is -5.69. The van der Waals surface area contributed by atoms with Crippen LogP contribution in [0.3, 0.4) is 0 Å². The second kappa shape index (κ2) is 11.0. The van der Waals surface area contributed by atoms with Crippen molar-refractivity contribution in [1.82, 2.24) is 0 Å². The van der Waals surface area contributed by atoms with Gasteiger partial charge in [-0.2, -0.15) is 26.3 Å². The SMILES string of the molecule is C=COCCOc1ccc(C(c2ccc(OCCOC=C)cc2)(C(F)(F)F)C(F)(F)F)cc1. The molecule has 2 rings (SSSR count). The molecule has 2 aromatic rings. The van der Waals surface area contributed by atoms with Gasteiger partial charge in [0.05, 0.1) is 12.5 Å². The molecule has 0 aliphatic rings. The zero-order valence-corrected chi connectivity index (χ0v) is 17.4. The second-order valence-corrected chi connectivity index (χ2v) is 6.57. The Morgan fingerprint density at radius 2 is 0.909 bits per heavy atom. The van der Waals surface area contributed by atoms with Crippen LogP contribution in [-0.4, -0.2) is 38.8 Å². The summed E-state index contributed by atoms with van der Waals surface area (Å²) in [6.45, 7) is 6.99. The lowest BCUT2D eigenvalue weighted by Gasteiger charge is -2.38. The fourth-order valence-corrected chi connectivity index (χ4v) is 3.17. The van der Waals surface area contributed by atoms with Crippen molar-refractivity contribution in [2.75, 3.05) is 26.4 Å². The minimum Gasteiger partial charge on any atom is -0.498 e. The van der Waals surface area contributed by atoms with Crippen LogP contribution in [-0.2, 0) is 14.9 Å². The van der Waals surface area contributed by atoms with E-state index in [2.05, 4.69) is 13.2 Å². The molecule has 0 fully saturated rings. The Morgan fingerprint density at radius 3 is 1.18 bits per heavy atom. The van der Waals surface area contributed by atoms with Gasteiger partial charge in [0.15, 0.2) is 0 Å². The van der Waals surface area contributed by atoms with Gasteiger partial charge in [-0.25, -0.2) is 0 Å². The molecule has 0 aliphatic heterocycles. The van der Waals surface area contributed by atoms with E-state index < -0.39 is 28.9 Å². The Hall–Kier alpha value is -3.30. The van der Waals surface area contributed by atoms with E-state index in [0.717, 1.165) is 48.5 Å². The molecule has 180 valence electrons. The van der Waals surface area contributed by atoms with Gasteiger partial charge in [0, 0.05) is 0 Å². The maximum Gasteiger partial charge on any atom is 0.411 e. The molecule has 0 saturated carbocycles. The van der Waals surface area contributed by atoms with E-state index in [1.54, 1.807) is 0 Å². The summed E-state index contributed by atoms with van der Waals surface area (Å²) in [5, 5.41) is 0. The fraction of sp³-hybridized carbons (Fsp3) is 0.304. The quantitative estimate of drug-likeness (QED) is 0.208. The van der Waals surface area contributed by atoms with Gasteiger partial charge >= 0.3 is 12.4 Å². The van der Waals surface area contributed by atoms with Crippen LogP contribution in [0.1, 0.15) is 11.1 Å². The lowest BCUT2D eigenvalue weighted by atomic mass is 9.73. The van der Waals surface area contributed by atoms with E-state index in [-0.39, 0.29) is 37.9 Å². The van der Waals surface area contributed by atoms with Gasteiger partial charge in [-0.3, -0.25) is 0 Å². The Kier molecular flexibility index (Phi) is 8.67. The van der Waals surface area contributed by atoms with Crippen LogP contribution in [0.25, 0.3) is 0 Å². The van der Waals surface area contributed by atoms with Crippen LogP contribution >= 0.6 is 0 Å². The van der Waals surface area contributed by atoms with Crippen molar-refractivity contribution in [1.29, 1.82) is 0 Å². The highest BCUT2D eigenvalue weighted by Crippen LogP contribution is 2.56. The zero-order valence-electron chi connectivity index (χ0n) is 17.4. The molecule has 0 aromatic heterocycles. The summed E-state index contributed by atoms with van der Waals surface area (Å²) in [7, 11) is 0. The standard InChI is InChI=1S/C23H22F6O4/c1-3-30-13-15-32-19-9-5-17(6-10-19)21(22(24,25)26,23(27,28)29)18-7-11-20(12-8-18)33-16-14-31-4-2/h3-12H,1-2,13-16H2. The molecule has 0 radical (unpaired) electrons. The molecule has 4 nitrogen and oxygen atoms in total. The minimum absolute atomic E-state index is 0.0361. The predicted molar refractivity (Wildman–Crippen MR) is 109 cm³/mol. The summed E-state index contributed by atoms with van der Waals surface area (Å²) >= 11 is 0. The molecule has 2 aromatic carbocycles. The first-order valence-electron chi connectivity index (χ1n) is 9.63. The van der Waals surface area contributed by atoms with E-state index in [9.17, 15) is 26.3 Å². The molecule has 0 heterocycles. The van der Waals surface area contributed by atoms with Gasteiger partial charge in [-0.15, -0.1) is 0 Å². The number of ether oxygens (including phenoxy) is 4. The third-order valence-electron chi connectivity index (χ3n) is 4.60. The fourth-order valence-electron chi connectivity index (χ4n) is 3.17. The Morgan fingerprint density at radius 1 is 0.576 bits per heavy atom. The van der Waals surface area contributed by atoms with Crippen LogP contribution in [0.2, 0.25) is 0 Å². The van der Waals surface area contributed by atoms with Crippen LogP contribution < -0.4 is 9.47 Å². The van der Waals surface area contributed by atoms with Crippen LogP contribution in [0.4, 0.5) is 26.3 Å². The molecule has 0 atom stereocenters. The van der Waals surface area contributed by atoms with Gasteiger partial charge < -0.3 is 18.9 Å². The smallest absolute Gasteiger partial charge is 0.411 e. The lowest BCUT2D eigenvalue weighted by molar-refractivity contribution is -0.288. The summed E-state index contributed by atoms with van der Waals surface area (Å²) < 4.78 is 105. The molecule has 0 saturated heterocycles. The van der Waals surface area contributed by atoms with Crippen molar-refractivity contribution < 1.29 is 45.3 Å². The molecule has 10 heteroatoms. The maximum atomic E-state index is 14.2. The Bertz CT molecular complexity index is 814. The molecular weight excluding hydrogens is 454 g/mol. The monoisotopic (exact) mass is 476 g/mol. The van der Waals surface area contributed by atoms with Crippen molar-refractivity contribution >= 4 is 0 Å². The first-order valence-corrected chi connectivity index (χ1v) is 9.63. The van der Waals surface area contributed by atoms with Crippen molar-refractivity contribution in [3.8, 4) is 11.5 Å². The first kappa shape index (κ1) is 26.0. The van der Waals surface area contributed by atoms with Gasteiger partial charge in [-0.1, -0.05) is 37.4 Å². The summed E-state index contributed by atoms with van der Waals surface area (Å²) in [6.07, 6.45) is -9.02. The van der Waals surface area contributed by atoms with Gasteiger partial charge in [0.25, 0.3) is 0 Å². The maximum absolute atomic E-state index is 14.2. The molecule has 0 N–H and O–H groups in total. The average molecular weight is 476 g/mol. The Balaban J connectivity index is 2.42. The number of alkyl halides is 6. The van der Waals surface area contributed by atoms with E-state index in [0.29, 0.717) is 0 Å². The summed E-state index contributed by atoms with van der Waals surface area (Å²) in [5.41, 5.74) is -6.25. The summed E-state index contributed by atoms with van der Waals surface area (Å²) in [6, 6.07) is 7.20. The molecule has 0 aliphatic carbocycles. The van der Waals surface area contributed by atoms with Gasteiger partial charge in [-0.05, 0) is 35.4 Å². The highest BCUT2D eigenvalue weighted by molar-refractivity contribution is 5.47. The van der Waals surface area contributed by atoms with Gasteiger partial charge in [0.2, 0.25) is 5.41 Å². The molecule has 0 bridgehead atoms. The van der Waals surface area contributed by atoms with Crippen molar-refractivity contribution in [2.45, 2.75) is 17.8 Å². The summed E-state index contributed by atoms with van der Waals surface area (Å²) in [4.78, 5) is 0. The zero-order chi connectivity index (χ0) is 24.5.